The highest BCUT2D eigenvalue weighted by molar-refractivity contribution is 7.11. The molecule has 0 bridgehead atoms. The van der Waals surface area contributed by atoms with Gasteiger partial charge in [-0.3, -0.25) is 0 Å². The number of nitrogens with two attached hydrogens (primary N) is 1. The molecule has 0 saturated heterocycles. The summed E-state index contributed by atoms with van der Waals surface area (Å²) in [7, 11) is 0. The Morgan fingerprint density at radius 2 is 2.58 bits per heavy atom. The van der Waals surface area contributed by atoms with E-state index in [2.05, 4.69) is 10.5 Å². The maximum atomic E-state index is 10.2. The van der Waals surface area contributed by atoms with E-state index in [-0.39, 0.29) is 0 Å². The summed E-state index contributed by atoms with van der Waals surface area (Å²) in [5.41, 5.74) is 8.07. The molecule has 0 fully saturated rings. The molecule has 0 aliphatic rings. The van der Waals surface area contributed by atoms with Crippen LogP contribution < -0.4 is 11.2 Å². The molecular formula is C7H9N3OS. The highest BCUT2D eigenvalue weighted by atomic mass is 32.1. The van der Waals surface area contributed by atoms with Gasteiger partial charge in [-0.2, -0.15) is 5.10 Å². The molecule has 0 aromatic carbocycles. The zero-order chi connectivity index (χ0) is 8.97. The van der Waals surface area contributed by atoms with Gasteiger partial charge in [0.15, 0.2) is 0 Å². The molecule has 5 heteroatoms. The maximum Gasteiger partial charge on any atom is 0.332 e. The monoisotopic (exact) mass is 183 g/mol. The highest BCUT2D eigenvalue weighted by Gasteiger charge is 1.94. The first-order valence-electron chi connectivity index (χ1n) is 3.33. The Hall–Kier alpha value is -1.36. The van der Waals surface area contributed by atoms with Gasteiger partial charge in [-0.05, 0) is 23.9 Å². The summed E-state index contributed by atoms with van der Waals surface area (Å²) in [6.45, 7) is 1.97. The van der Waals surface area contributed by atoms with E-state index < -0.39 is 6.03 Å². The van der Waals surface area contributed by atoms with E-state index in [0.717, 1.165) is 10.4 Å². The molecule has 3 N–H and O–H groups in total. The van der Waals surface area contributed by atoms with Crippen molar-refractivity contribution >= 4 is 23.6 Å². The molecule has 0 aliphatic heterocycles. The number of nitrogens with one attached hydrogen (secondary N) is 1. The zero-order valence-electron chi connectivity index (χ0n) is 6.57. The summed E-state index contributed by atoms with van der Waals surface area (Å²) in [5.74, 6) is 0. The minimum absolute atomic E-state index is 0.652. The van der Waals surface area contributed by atoms with Crippen LogP contribution in [0.4, 0.5) is 4.79 Å². The van der Waals surface area contributed by atoms with Crippen LogP contribution >= 0.6 is 11.3 Å². The summed E-state index contributed by atoms with van der Waals surface area (Å²) >= 11 is 1.56. The number of carbonyl (C=O) groups excluding carboxylic acids is 1. The molecule has 2 amide bonds. The van der Waals surface area contributed by atoms with Crippen molar-refractivity contribution < 1.29 is 4.79 Å². The van der Waals surface area contributed by atoms with Crippen molar-refractivity contribution in [2.75, 3.05) is 0 Å². The Labute approximate surface area is 74.1 Å². The van der Waals surface area contributed by atoms with Crippen molar-refractivity contribution in [1.29, 1.82) is 0 Å². The van der Waals surface area contributed by atoms with Gasteiger partial charge in [0.2, 0.25) is 0 Å². The molecular weight excluding hydrogens is 174 g/mol. The van der Waals surface area contributed by atoms with Crippen LogP contribution in [0.1, 0.15) is 10.4 Å². The molecule has 1 aromatic heterocycles. The molecule has 0 atom stereocenters. The number of hydrogen-bond acceptors (Lipinski definition) is 3. The Kier molecular flexibility index (Phi) is 2.82. The number of hydrazone groups is 1. The lowest BCUT2D eigenvalue weighted by molar-refractivity contribution is 0.249. The van der Waals surface area contributed by atoms with Crippen molar-refractivity contribution in [1.82, 2.24) is 5.43 Å². The second-order valence-corrected chi connectivity index (χ2v) is 3.15. The van der Waals surface area contributed by atoms with Crippen molar-refractivity contribution in [3.05, 3.63) is 21.9 Å². The Bertz CT molecular complexity index is 305. The molecule has 1 rings (SSSR count). The summed E-state index contributed by atoms with van der Waals surface area (Å²) < 4.78 is 0. The van der Waals surface area contributed by atoms with Gasteiger partial charge < -0.3 is 5.73 Å². The number of urea groups is 1. The van der Waals surface area contributed by atoms with Crippen molar-refractivity contribution in [2.45, 2.75) is 6.92 Å². The van der Waals surface area contributed by atoms with Crippen LogP contribution in [0.15, 0.2) is 16.5 Å². The van der Waals surface area contributed by atoms with Gasteiger partial charge >= 0.3 is 6.03 Å². The van der Waals surface area contributed by atoms with Crippen LogP contribution in [0, 0.1) is 6.92 Å². The molecule has 64 valence electrons. The number of nitrogens with zero attached hydrogens (tertiary/aromatic N) is 1. The fourth-order valence-corrected chi connectivity index (χ4v) is 1.46. The predicted molar refractivity (Wildman–Crippen MR) is 49.4 cm³/mol. The topological polar surface area (TPSA) is 67.5 Å². The number of carbonyl (C=O) groups is 1. The van der Waals surface area contributed by atoms with E-state index in [1.165, 1.54) is 0 Å². The molecule has 0 saturated carbocycles. The summed E-state index contributed by atoms with van der Waals surface area (Å²) in [6.07, 6.45) is 1.57. The summed E-state index contributed by atoms with van der Waals surface area (Å²) in [6, 6.07) is 1.33. The first kappa shape index (κ1) is 8.73. The fraction of sp³-hybridized carbons (Fsp3) is 0.143. The second kappa shape index (κ2) is 3.87. The largest absolute Gasteiger partial charge is 0.350 e. The van der Waals surface area contributed by atoms with Crippen LogP contribution in [0.5, 0.6) is 0 Å². The molecule has 0 unspecified atom stereocenters. The van der Waals surface area contributed by atoms with Gasteiger partial charge in [0.25, 0.3) is 0 Å². The average molecular weight is 183 g/mol. The quantitative estimate of drug-likeness (QED) is 0.522. The molecule has 0 aliphatic carbocycles. The average Bonchev–Trinajstić information content (AvgIpc) is 2.36. The van der Waals surface area contributed by atoms with Crippen molar-refractivity contribution in [2.24, 2.45) is 10.8 Å². The van der Waals surface area contributed by atoms with E-state index in [1.54, 1.807) is 17.6 Å². The summed E-state index contributed by atoms with van der Waals surface area (Å²) in [4.78, 5) is 11.2. The third-order valence-corrected chi connectivity index (χ3v) is 2.21. The second-order valence-electron chi connectivity index (χ2n) is 2.20. The minimum atomic E-state index is -0.652. The van der Waals surface area contributed by atoms with Gasteiger partial charge in [0, 0.05) is 4.88 Å². The SMILES string of the molecule is Cc1ccsc1/C=N\NC(N)=O. The number of thiophene rings is 1. The third-order valence-electron chi connectivity index (χ3n) is 1.26. The maximum absolute atomic E-state index is 10.2. The summed E-state index contributed by atoms with van der Waals surface area (Å²) in [5, 5.41) is 5.59. The van der Waals surface area contributed by atoms with Crippen LogP contribution in [0.2, 0.25) is 0 Å². The van der Waals surface area contributed by atoms with Crippen LogP contribution in [0.25, 0.3) is 0 Å². The molecule has 12 heavy (non-hydrogen) atoms. The van der Waals surface area contributed by atoms with E-state index >= 15 is 0 Å². The number of hydrogen-bond donors (Lipinski definition) is 2. The van der Waals surface area contributed by atoms with E-state index in [1.807, 2.05) is 18.4 Å². The van der Waals surface area contributed by atoms with Crippen molar-refractivity contribution in [3.8, 4) is 0 Å². The Morgan fingerprint density at radius 1 is 1.83 bits per heavy atom. The molecule has 4 nitrogen and oxygen atoms in total. The van der Waals surface area contributed by atoms with Crippen LogP contribution in [-0.2, 0) is 0 Å². The standard InChI is InChI=1S/C7H9N3OS/c1-5-2-3-12-6(5)4-9-10-7(8)11/h2-4H,1H3,(H3,8,10,11)/b9-4-. The van der Waals surface area contributed by atoms with E-state index in [9.17, 15) is 4.79 Å². The van der Waals surface area contributed by atoms with Crippen LogP contribution in [0.3, 0.4) is 0 Å². The number of aryl methyl sites for hydroxylation is 1. The van der Waals surface area contributed by atoms with Crippen molar-refractivity contribution in [3.63, 3.8) is 0 Å². The molecule has 1 heterocycles. The first-order chi connectivity index (χ1) is 5.70. The lowest BCUT2D eigenvalue weighted by atomic mass is 10.3. The van der Waals surface area contributed by atoms with Gasteiger partial charge in [0.1, 0.15) is 0 Å². The lowest BCUT2D eigenvalue weighted by Gasteiger charge is -1.90. The Balaban J connectivity index is 2.57. The normalized spacial score (nSPS) is 10.4. The van der Waals surface area contributed by atoms with Gasteiger partial charge in [-0.1, -0.05) is 0 Å². The van der Waals surface area contributed by atoms with E-state index in [0.29, 0.717) is 0 Å². The number of rotatable bonds is 2. The van der Waals surface area contributed by atoms with Gasteiger partial charge in [0.05, 0.1) is 6.21 Å². The Morgan fingerprint density at radius 3 is 3.08 bits per heavy atom. The van der Waals surface area contributed by atoms with Gasteiger partial charge in [-0.15, -0.1) is 11.3 Å². The molecule has 1 aromatic rings. The predicted octanol–water partition coefficient (Wildman–Crippen LogP) is 1.06. The molecule has 0 radical (unpaired) electrons. The number of amides is 2. The van der Waals surface area contributed by atoms with E-state index in [4.69, 9.17) is 5.73 Å². The highest BCUT2D eigenvalue weighted by Crippen LogP contribution is 2.11. The minimum Gasteiger partial charge on any atom is -0.350 e. The smallest absolute Gasteiger partial charge is 0.332 e. The third kappa shape index (κ3) is 2.35. The van der Waals surface area contributed by atoms with Crippen LogP contribution in [-0.4, -0.2) is 12.2 Å². The van der Waals surface area contributed by atoms with Gasteiger partial charge in [-0.25, -0.2) is 10.2 Å². The number of primary amides is 1. The lowest BCUT2D eigenvalue weighted by Crippen LogP contribution is -2.24. The molecule has 0 spiro atoms. The fourth-order valence-electron chi connectivity index (χ4n) is 0.671. The zero-order valence-corrected chi connectivity index (χ0v) is 7.39. The first-order valence-corrected chi connectivity index (χ1v) is 4.20.